The van der Waals surface area contributed by atoms with Crippen molar-refractivity contribution in [2.75, 3.05) is 17.2 Å². The van der Waals surface area contributed by atoms with Gasteiger partial charge in [-0.25, -0.2) is 9.37 Å². The van der Waals surface area contributed by atoms with Crippen LogP contribution in [0.15, 0.2) is 42.7 Å². The van der Waals surface area contributed by atoms with Crippen LogP contribution in [-0.2, 0) is 12.9 Å². The summed E-state index contributed by atoms with van der Waals surface area (Å²) in [6.45, 7) is 0.682. The van der Waals surface area contributed by atoms with E-state index in [0.29, 0.717) is 16.9 Å². The molecule has 4 rings (SSSR count). The fourth-order valence-electron chi connectivity index (χ4n) is 3.53. The second-order valence-electron chi connectivity index (χ2n) is 7.31. The Bertz CT molecular complexity index is 1240. The van der Waals surface area contributed by atoms with Crippen molar-refractivity contribution in [1.29, 1.82) is 0 Å². The maximum atomic E-state index is 13.3. The number of anilines is 2. The summed E-state index contributed by atoms with van der Waals surface area (Å²) in [4.78, 5) is 18.5. The van der Waals surface area contributed by atoms with E-state index >= 15 is 0 Å². The molecule has 1 atom stereocenters. The van der Waals surface area contributed by atoms with Gasteiger partial charge in [0.25, 0.3) is 5.91 Å². The summed E-state index contributed by atoms with van der Waals surface area (Å²) in [7, 11) is 0. The summed E-state index contributed by atoms with van der Waals surface area (Å²) in [5, 5.41) is 4.25. The molecule has 2 aromatic heterocycles. The lowest BCUT2D eigenvalue weighted by molar-refractivity contribution is -0.138. The highest BCUT2D eigenvalue weighted by Crippen LogP contribution is 2.36. The number of carbonyl (C=O) groups excluding carboxylic acids is 1. The average molecular weight is 442 g/mol. The highest BCUT2D eigenvalue weighted by atomic mass is 19.4. The molecule has 1 amide bonds. The van der Waals surface area contributed by atoms with Gasteiger partial charge in [0.15, 0.2) is 0 Å². The fourth-order valence-corrected chi connectivity index (χ4v) is 3.53. The molecule has 1 aromatic carbocycles. The van der Waals surface area contributed by atoms with E-state index in [1.54, 1.807) is 12.1 Å². The highest BCUT2D eigenvalue weighted by Gasteiger charge is 2.36. The van der Waals surface area contributed by atoms with E-state index in [1.807, 2.05) is 6.92 Å². The van der Waals surface area contributed by atoms with Crippen LogP contribution in [0.3, 0.4) is 0 Å². The van der Waals surface area contributed by atoms with Crippen molar-refractivity contribution in [1.82, 2.24) is 14.8 Å². The van der Waals surface area contributed by atoms with Crippen molar-refractivity contribution >= 4 is 17.4 Å². The predicted molar refractivity (Wildman–Crippen MR) is 109 cm³/mol. The number of halogens is 4. The van der Waals surface area contributed by atoms with Gasteiger partial charge in [-0.05, 0) is 42.8 Å². The number of pyridine rings is 1. The molecule has 1 aliphatic rings. The summed E-state index contributed by atoms with van der Waals surface area (Å²) in [5.74, 6) is 5.65. The molecule has 10 heteroatoms. The monoisotopic (exact) mass is 442 g/mol. The minimum Gasteiger partial charge on any atom is -0.384 e. The second-order valence-corrected chi connectivity index (χ2v) is 7.31. The largest absolute Gasteiger partial charge is 0.416 e. The topological polar surface area (TPSA) is 77.0 Å². The van der Waals surface area contributed by atoms with Crippen LogP contribution in [0.25, 0.3) is 0 Å². The average Bonchev–Trinajstić information content (AvgIpc) is 3.20. The van der Waals surface area contributed by atoms with Crippen LogP contribution in [-0.4, -0.2) is 27.2 Å². The molecule has 0 saturated heterocycles. The number of amides is 1. The van der Waals surface area contributed by atoms with Gasteiger partial charge in [0.2, 0.25) is 0 Å². The first-order chi connectivity index (χ1) is 15.2. The molecule has 32 heavy (non-hydrogen) atoms. The van der Waals surface area contributed by atoms with Gasteiger partial charge in [-0.15, -0.1) is 0 Å². The zero-order chi connectivity index (χ0) is 23.0. The molecule has 2 N–H and O–H groups in total. The van der Waals surface area contributed by atoms with Crippen molar-refractivity contribution in [3.8, 4) is 11.8 Å². The number of benzene rings is 1. The van der Waals surface area contributed by atoms with Crippen LogP contribution in [0.4, 0.5) is 29.1 Å². The molecule has 3 heterocycles. The number of rotatable bonds is 2. The first-order valence-electron chi connectivity index (χ1n) is 9.58. The summed E-state index contributed by atoms with van der Waals surface area (Å²) < 4.78 is 54.2. The van der Waals surface area contributed by atoms with Gasteiger partial charge in [0.1, 0.15) is 18.2 Å². The van der Waals surface area contributed by atoms with Crippen LogP contribution in [0.1, 0.15) is 45.7 Å². The fraction of sp³-hybridized carbons (Fsp3) is 0.227. The Morgan fingerprint density at radius 1 is 1.19 bits per heavy atom. The summed E-state index contributed by atoms with van der Waals surface area (Å²) in [5.41, 5.74) is 5.31. The number of hydrogen-bond donors (Lipinski definition) is 1. The second kappa shape index (κ2) is 8.00. The molecule has 164 valence electrons. The predicted octanol–water partition coefficient (Wildman–Crippen LogP) is 3.97. The number of nitrogens with two attached hydrogens (primary N) is 1. The van der Waals surface area contributed by atoms with Crippen molar-refractivity contribution in [3.63, 3.8) is 0 Å². The first-order valence-corrected chi connectivity index (χ1v) is 9.58. The number of aromatic nitrogens is 3. The molecular weight excluding hydrogens is 425 g/mol. The number of hydrogen-bond acceptors (Lipinski definition) is 4. The Labute approximate surface area is 180 Å². The van der Waals surface area contributed by atoms with E-state index in [2.05, 4.69) is 21.9 Å². The Hall–Kier alpha value is -3.87. The minimum atomic E-state index is -4.68. The molecule has 0 radical (unpaired) electrons. The number of carbonyl (C=O) groups is 1. The lowest BCUT2D eigenvalue weighted by Gasteiger charge is -2.32. The van der Waals surface area contributed by atoms with Gasteiger partial charge < -0.3 is 10.6 Å². The smallest absolute Gasteiger partial charge is 0.384 e. The van der Waals surface area contributed by atoms with Crippen LogP contribution in [0.2, 0.25) is 0 Å². The van der Waals surface area contributed by atoms with Crippen LogP contribution >= 0.6 is 0 Å². The van der Waals surface area contributed by atoms with Crippen LogP contribution in [0.5, 0.6) is 0 Å². The van der Waals surface area contributed by atoms with E-state index < -0.39 is 29.9 Å². The lowest BCUT2D eigenvalue weighted by atomic mass is 10.0. The Morgan fingerprint density at radius 3 is 2.62 bits per heavy atom. The van der Waals surface area contributed by atoms with Gasteiger partial charge in [-0.2, -0.15) is 18.3 Å². The van der Waals surface area contributed by atoms with E-state index in [1.165, 1.54) is 28.0 Å². The molecule has 3 aromatic rings. The molecule has 0 bridgehead atoms. The SMILES string of the molecule is C[C@H]1CN(c2ccc(C(F)(F)F)c(C[18F])c2)C(=O)c2c(C#Cc3ccc(N)nc3)cnn21. The van der Waals surface area contributed by atoms with Crippen molar-refractivity contribution in [3.05, 3.63) is 70.7 Å². The minimum absolute atomic E-state index is 0.166. The maximum absolute atomic E-state index is 13.3. The van der Waals surface area contributed by atoms with Gasteiger partial charge in [-0.3, -0.25) is 9.48 Å². The summed E-state index contributed by atoms with van der Waals surface area (Å²) in [6.07, 6.45) is -1.72. The zero-order valence-corrected chi connectivity index (χ0v) is 16.8. The van der Waals surface area contributed by atoms with E-state index in [-0.39, 0.29) is 24.0 Å². The van der Waals surface area contributed by atoms with E-state index in [4.69, 9.17) is 5.73 Å². The van der Waals surface area contributed by atoms with Gasteiger partial charge >= 0.3 is 6.18 Å². The molecule has 6 nitrogen and oxygen atoms in total. The van der Waals surface area contributed by atoms with E-state index in [9.17, 15) is 22.4 Å². The number of fused-ring (bicyclic) bond motifs is 1. The maximum Gasteiger partial charge on any atom is 0.416 e. The number of nitrogen functional groups attached to an aromatic ring is 1. The Kier molecular flexibility index (Phi) is 5.34. The Morgan fingerprint density at radius 2 is 1.97 bits per heavy atom. The van der Waals surface area contributed by atoms with Crippen molar-refractivity contribution < 1.29 is 22.4 Å². The molecule has 0 aliphatic carbocycles. The normalized spacial score (nSPS) is 15.8. The molecular formula is C22H17F4N5O. The molecule has 0 saturated carbocycles. The molecule has 1 aliphatic heterocycles. The standard InChI is InChI=1S/C22H17F4N5O/c1-13-12-30(17-5-6-18(22(24,25)26)16(8-17)9-23)21(32)20-15(11-29-31(13)20)4-2-14-3-7-19(27)28-10-14/h3,5-8,10-11,13H,9,12H2,1H3,(H2,27,28)/t13-/m0/s1/i23-1. The van der Waals surface area contributed by atoms with E-state index in [0.717, 1.165) is 12.1 Å². The van der Waals surface area contributed by atoms with Gasteiger partial charge in [0.05, 0.1) is 23.4 Å². The highest BCUT2D eigenvalue weighted by molar-refractivity contribution is 6.07. The quantitative estimate of drug-likeness (QED) is 0.481. The summed E-state index contributed by atoms with van der Waals surface area (Å²) in [6, 6.07) is 6.03. The van der Waals surface area contributed by atoms with Crippen molar-refractivity contribution in [2.24, 2.45) is 0 Å². The third kappa shape index (κ3) is 3.89. The molecule has 0 unspecified atom stereocenters. The van der Waals surface area contributed by atoms with Crippen LogP contribution < -0.4 is 10.6 Å². The zero-order valence-electron chi connectivity index (χ0n) is 16.8. The lowest BCUT2D eigenvalue weighted by Crippen LogP contribution is -2.43. The number of nitrogens with zero attached hydrogens (tertiary/aromatic N) is 4. The van der Waals surface area contributed by atoms with Gasteiger partial charge in [-0.1, -0.05) is 11.8 Å². The molecule has 0 fully saturated rings. The Balaban J connectivity index is 1.71. The summed E-state index contributed by atoms with van der Waals surface area (Å²) >= 11 is 0. The number of alkyl halides is 4. The molecule has 0 spiro atoms. The van der Waals surface area contributed by atoms with Crippen LogP contribution in [0, 0.1) is 11.8 Å². The third-order valence-corrected chi connectivity index (χ3v) is 5.09. The van der Waals surface area contributed by atoms with Gasteiger partial charge in [0, 0.05) is 24.0 Å². The first kappa shape index (κ1) is 21.4. The third-order valence-electron chi connectivity index (χ3n) is 5.09. The van der Waals surface area contributed by atoms with Crippen molar-refractivity contribution in [2.45, 2.75) is 25.8 Å².